The van der Waals surface area contributed by atoms with E-state index in [-0.39, 0.29) is 55.0 Å². The number of nitrogens with zero attached hydrogens (tertiary/aromatic N) is 3. The van der Waals surface area contributed by atoms with Gasteiger partial charge in [0, 0.05) is 29.5 Å². The molecule has 1 aliphatic heterocycles. The van der Waals surface area contributed by atoms with E-state index in [9.17, 15) is 22.8 Å². The molecule has 0 radical (unpaired) electrons. The SMILES string of the molecule is COc1nc(OC2CC3(CNC3)C2)c2cc(C(F)(F)F)c(-c3ccc(F)c4sc(N)c(C#N)c34)c(F)c2n1. The van der Waals surface area contributed by atoms with Crippen molar-refractivity contribution in [3.63, 3.8) is 0 Å². The maximum absolute atomic E-state index is 16.2. The fourth-order valence-electron chi connectivity index (χ4n) is 5.27. The lowest BCUT2D eigenvalue weighted by Gasteiger charge is -2.53. The number of nitriles is 1. The van der Waals surface area contributed by atoms with Crippen LogP contribution in [0.2, 0.25) is 0 Å². The third-order valence-electron chi connectivity index (χ3n) is 7.16. The summed E-state index contributed by atoms with van der Waals surface area (Å²) >= 11 is 0.699. The number of fused-ring (bicyclic) bond motifs is 2. The lowest BCUT2D eigenvalue weighted by atomic mass is 9.63. The van der Waals surface area contributed by atoms with E-state index < -0.39 is 34.5 Å². The van der Waals surface area contributed by atoms with Gasteiger partial charge < -0.3 is 20.5 Å². The predicted octanol–water partition coefficient (Wildman–Crippen LogP) is 5.40. The van der Waals surface area contributed by atoms with Crippen LogP contribution in [0.4, 0.5) is 27.0 Å². The predicted molar refractivity (Wildman–Crippen MR) is 130 cm³/mol. The maximum Gasteiger partial charge on any atom is 0.417 e. The first-order chi connectivity index (χ1) is 18.0. The van der Waals surface area contributed by atoms with Crippen molar-refractivity contribution < 1.29 is 31.4 Å². The van der Waals surface area contributed by atoms with Crippen LogP contribution in [0.5, 0.6) is 11.9 Å². The van der Waals surface area contributed by atoms with Crippen molar-refractivity contribution in [3.05, 3.63) is 41.0 Å². The molecule has 1 saturated carbocycles. The van der Waals surface area contributed by atoms with Gasteiger partial charge in [0.15, 0.2) is 5.82 Å². The zero-order valence-corrected chi connectivity index (χ0v) is 20.5. The Morgan fingerprint density at radius 2 is 1.95 bits per heavy atom. The largest absolute Gasteiger partial charge is 0.474 e. The summed E-state index contributed by atoms with van der Waals surface area (Å²) < 4.78 is 85.0. The summed E-state index contributed by atoms with van der Waals surface area (Å²) in [4.78, 5) is 8.07. The summed E-state index contributed by atoms with van der Waals surface area (Å²) in [6.07, 6.45) is -3.97. The topological polar surface area (TPSA) is 106 Å². The van der Waals surface area contributed by atoms with E-state index in [0.29, 0.717) is 24.2 Å². The first-order valence-electron chi connectivity index (χ1n) is 11.5. The van der Waals surface area contributed by atoms with Crippen LogP contribution < -0.4 is 20.5 Å². The van der Waals surface area contributed by atoms with Gasteiger partial charge in [0.25, 0.3) is 0 Å². The van der Waals surface area contributed by atoms with Crippen molar-refractivity contribution in [2.45, 2.75) is 25.1 Å². The number of ether oxygens (including phenoxy) is 2. The highest BCUT2D eigenvalue weighted by atomic mass is 32.1. The molecule has 0 bridgehead atoms. The molecule has 38 heavy (non-hydrogen) atoms. The van der Waals surface area contributed by atoms with Crippen LogP contribution in [-0.4, -0.2) is 36.3 Å². The van der Waals surface area contributed by atoms with Gasteiger partial charge in [-0.3, -0.25) is 0 Å². The minimum absolute atomic E-state index is 0.0942. The molecule has 196 valence electrons. The molecule has 2 aliphatic rings. The standard InChI is InChI=1S/C25H18F5N5O2S/c1-36-23-34-19-12(22(35-23)37-10-5-24(6-10)8-33-9-24)4-14(25(28,29)30)17(18(19)27)11-2-3-15(26)20-16(11)13(7-31)21(32)38-20/h2-4,10,33H,5-6,8-9,32H2,1H3. The van der Waals surface area contributed by atoms with Crippen LogP contribution in [0.3, 0.4) is 0 Å². The van der Waals surface area contributed by atoms with E-state index in [1.165, 1.54) is 7.11 Å². The second-order valence-electron chi connectivity index (χ2n) is 9.53. The third-order valence-corrected chi connectivity index (χ3v) is 8.19. The molecule has 3 heterocycles. The number of nitrogens with one attached hydrogen (secondary N) is 1. The number of methoxy groups -OCH3 is 1. The summed E-state index contributed by atoms with van der Waals surface area (Å²) in [5.41, 5.74) is 2.68. The van der Waals surface area contributed by atoms with Crippen LogP contribution in [0.1, 0.15) is 24.0 Å². The molecule has 1 spiro atoms. The molecule has 1 aliphatic carbocycles. The Labute approximate surface area is 216 Å². The van der Waals surface area contributed by atoms with Crippen molar-refractivity contribution in [2.75, 3.05) is 25.9 Å². The van der Waals surface area contributed by atoms with Gasteiger partial charge in [-0.25, -0.2) is 8.78 Å². The fraction of sp³-hybridized carbons (Fsp3) is 0.320. The van der Waals surface area contributed by atoms with Crippen LogP contribution in [0.25, 0.3) is 32.1 Å². The Balaban J connectivity index is 1.61. The normalized spacial score (nSPS) is 16.9. The lowest BCUT2D eigenvalue weighted by molar-refractivity contribution is -0.137. The Morgan fingerprint density at radius 3 is 2.55 bits per heavy atom. The van der Waals surface area contributed by atoms with Crippen molar-refractivity contribution in [2.24, 2.45) is 5.41 Å². The fourth-order valence-corrected chi connectivity index (χ4v) is 6.22. The smallest absolute Gasteiger partial charge is 0.417 e. The number of nitrogens with two attached hydrogens (primary N) is 1. The van der Waals surface area contributed by atoms with E-state index in [4.69, 9.17) is 15.2 Å². The number of alkyl halides is 3. The monoisotopic (exact) mass is 547 g/mol. The van der Waals surface area contributed by atoms with E-state index in [0.717, 1.165) is 31.3 Å². The van der Waals surface area contributed by atoms with Crippen molar-refractivity contribution >= 4 is 37.3 Å². The van der Waals surface area contributed by atoms with Crippen molar-refractivity contribution in [1.82, 2.24) is 15.3 Å². The molecule has 0 atom stereocenters. The average molecular weight is 548 g/mol. The van der Waals surface area contributed by atoms with Crippen molar-refractivity contribution in [3.8, 4) is 29.1 Å². The molecule has 0 unspecified atom stereocenters. The van der Waals surface area contributed by atoms with Gasteiger partial charge in [0.05, 0.1) is 28.3 Å². The van der Waals surface area contributed by atoms with Gasteiger partial charge in [0.2, 0.25) is 5.88 Å². The highest BCUT2D eigenvalue weighted by molar-refractivity contribution is 7.23. The summed E-state index contributed by atoms with van der Waals surface area (Å²) in [6.45, 7) is 1.67. The molecule has 6 rings (SSSR count). The average Bonchev–Trinajstić information content (AvgIpc) is 3.16. The van der Waals surface area contributed by atoms with Gasteiger partial charge in [-0.2, -0.15) is 28.4 Å². The van der Waals surface area contributed by atoms with E-state index >= 15 is 4.39 Å². The zero-order valence-electron chi connectivity index (χ0n) is 19.7. The van der Waals surface area contributed by atoms with E-state index in [1.54, 1.807) is 6.07 Å². The summed E-state index contributed by atoms with van der Waals surface area (Å²) in [6, 6.07) is 4.13. The molecule has 7 nitrogen and oxygen atoms in total. The number of anilines is 1. The van der Waals surface area contributed by atoms with Crippen LogP contribution >= 0.6 is 11.3 Å². The Kier molecular flexibility index (Phi) is 5.41. The molecule has 2 aromatic heterocycles. The van der Waals surface area contributed by atoms with Gasteiger partial charge >= 0.3 is 12.2 Å². The number of halogens is 5. The second kappa shape index (κ2) is 8.37. The molecule has 3 N–H and O–H groups in total. The Morgan fingerprint density at radius 1 is 1.21 bits per heavy atom. The molecule has 2 aromatic carbocycles. The molecule has 2 fully saturated rings. The number of thiophene rings is 1. The number of rotatable bonds is 4. The van der Waals surface area contributed by atoms with E-state index in [2.05, 4.69) is 15.3 Å². The highest BCUT2D eigenvalue weighted by Gasteiger charge is 2.50. The Hall–Kier alpha value is -3.76. The minimum atomic E-state index is -5.03. The van der Waals surface area contributed by atoms with Gasteiger partial charge in [0.1, 0.15) is 28.5 Å². The minimum Gasteiger partial charge on any atom is -0.474 e. The quantitative estimate of drug-likeness (QED) is 0.330. The highest BCUT2D eigenvalue weighted by Crippen LogP contribution is 2.49. The molecule has 13 heteroatoms. The summed E-state index contributed by atoms with van der Waals surface area (Å²) in [5.74, 6) is -2.36. The molecular formula is C25H18F5N5O2S. The van der Waals surface area contributed by atoms with Crippen LogP contribution in [0.15, 0.2) is 18.2 Å². The number of hydrogen-bond acceptors (Lipinski definition) is 8. The van der Waals surface area contributed by atoms with Gasteiger partial charge in [-0.05, 0) is 30.5 Å². The number of benzene rings is 2. The lowest BCUT2D eigenvalue weighted by Crippen LogP contribution is -2.62. The summed E-state index contributed by atoms with van der Waals surface area (Å²) in [5, 5.41) is 12.2. The molecule has 4 aromatic rings. The first kappa shape index (κ1) is 24.6. The van der Waals surface area contributed by atoms with E-state index in [1.807, 2.05) is 0 Å². The zero-order chi connectivity index (χ0) is 27.0. The van der Waals surface area contributed by atoms with Gasteiger partial charge in [-0.15, -0.1) is 11.3 Å². The second-order valence-corrected chi connectivity index (χ2v) is 10.6. The van der Waals surface area contributed by atoms with Crippen molar-refractivity contribution in [1.29, 1.82) is 5.26 Å². The third kappa shape index (κ3) is 3.62. The van der Waals surface area contributed by atoms with Crippen LogP contribution in [0, 0.1) is 28.4 Å². The molecule has 1 saturated heterocycles. The molecule has 0 amide bonds. The van der Waals surface area contributed by atoms with Crippen LogP contribution in [-0.2, 0) is 6.18 Å². The first-order valence-corrected chi connectivity index (χ1v) is 12.3. The maximum atomic E-state index is 16.2. The summed E-state index contributed by atoms with van der Waals surface area (Å²) in [7, 11) is 1.24. The Bertz CT molecular complexity index is 1670. The van der Waals surface area contributed by atoms with Gasteiger partial charge in [-0.1, -0.05) is 6.07 Å². The number of aromatic nitrogens is 2. The molecular weight excluding hydrogens is 529 g/mol. The number of nitrogen functional groups attached to an aromatic ring is 1. The number of hydrogen-bond donors (Lipinski definition) is 2.